The van der Waals surface area contributed by atoms with Crippen molar-refractivity contribution in [3.05, 3.63) is 0 Å². The largest absolute Gasteiger partial charge is 0.384 e. The molecule has 1 rings (SSSR count). The van der Waals surface area contributed by atoms with Crippen molar-refractivity contribution in [2.24, 2.45) is 11.1 Å². The second-order valence-electron chi connectivity index (χ2n) is 3.65. The van der Waals surface area contributed by atoms with E-state index in [0.717, 1.165) is 39.1 Å². The summed E-state index contributed by atoms with van der Waals surface area (Å²) in [5, 5.41) is 0. The standard InChI is InChI=1S/C8H18N2OS2/c1-11-7-8(6-9)2-4-10(13-12)5-3-8/h12H,2-7,9H2,1H3. The summed E-state index contributed by atoms with van der Waals surface area (Å²) >= 11 is 4.18. The molecule has 2 N–H and O–H groups in total. The number of ether oxygens (including phenoxy) is 1. The molecule has 0 bridgehead atoms. The maximum Gasteiger partial charge on any atom is 0.0531 e. The summed E-state index contributed by atoms with van der Waals surface area (Å²) in [5.74, 6) is 0. The van der Waals surface area contributed by atoms with Crippen LogP contribution in [0.1, 0.15) is 12.8 Å². The fraction of sp³-hybridized carbons (Fsp3) is 1.00. The normalized spacial score (nSPS) is 23.3. The number of methoxy groups -OCH3 is 1. The molecule has 3 nitrogen and oxygen atoms in total. The highest BCUT2D eigenvalue weighted by Gasteiger charge is 2.33. The summed E-state index contributed by atoms with van der Waals surface area (Å²) < 4.78 is 7.48. The van der Waals surface area contributed by atoms with E-state index in [-0.39, 0.29) is 5.41 Å². The fourth-order valence-corrected chi connectivity index (χ4v) is 2.59. The van der Waals surface area contributed by atoms with Crippen molar-refractivity contribution in [2.45, 2.75) is 12.8 Å². The zero-order chi connectivity index (χ0) is 9.73. The van der Waals surface area contributed by atoms with Crippen LogP contribution in [0.3, 0.4) is 0 Å². The molecule has 0 aromatic rings. The Hall–Kier alpha value is 0.580. The third kappa shape index (κ3) is 3.02. The Kier molecular flexibility index (Phi) is 4.89. The van der Waals surface area contributed by atoms with E-state index in [1.807, 2.05) is 0 Å². The number of piperidine rings is 1. The quantitative estimate of drug-likeness (QED) is 0.425. The third-order valence-corrected chi connectivity index (χ3v) is 4.07. The zero-order valence-electron chi connectivity index (χ0n) is 8.03. The molecule has 1 aliphatic heterocycles. The molecule has 0 atom stereocenters. The lowest BCUT2D eigenvalue weighted by Crippen LogP contribution is -2.44. The van der Waals surface area contributed by atoms with Gasteiger partial charge >= 0.3 is 0 Å². The Morgan fingerprint density at radius 3 is 2.54 bits per heavy atom. The van der Waals surface area contributed by atoms with Crippen LogP contribution in [0.15, 0.2) is 0 Å². The number of thiol groups is 1. The van der Waals surface area contributed by atoms with Crippen LogP contribution in [0.25, 0.3) is 0 Å². The topological polar surface area (TPSA) is 38.5 Å². The van der Waals surface area contributed by atoms with Crippen LogP contribution in [0.2, 0.25) is 0 Å². The van der Waals surface area contributed by atoms with Gasteiger partial charge in [0, 0.05) is 32.2 Å². The number of rotatable bonds is 4. The smallest absolute Gasteiger partial charge is 0.0531 e. The van der Waals surface area contributed by atoms with Crippen molar-refractivity contribution in [3.63, 3.8) is 0 Å². The molecule has 78 valence electrons. The lowest BCUT2D eigenvalue weighted by molar-refractivity contribution is 0.0476. The molecule has 0 spiro atoms. The summed E-state index contributed by atoms with van der Waals surface area (Å²) in [5.41, 5.74) is 6.00. The summed E-state index contributed by atoms with van der Waals surface area (Å²) in [7, 11) is 3.27. The van der Waals surface area contributed by atoms with Crippen molar-refractivity contribution in [1.29, 1.82) is 0 Å². The van der Waals surface area contributed by atoms with Crippen molar-refractivity contribution in [1.82, 2.24) is 4.31 Å². The van der Waals surface area contributed by atoms with Crippen molar-refractivity contribution >= 4 is 22.6 Å². The maximum atomic E-state index is 5.79. The predicted octanol–water partition coefficient (Wildman–Crippen LogP) is 1.17. The van der Waals surface area contributed by atoms with Crippen molar-refractivity contribution in [3.8, 4) is 0 Å². The summed E-state index contributed by atoms with van der Waals surface area (Å²) in [6.07, 6.45) is 2.23. The van der Waals surface area contributed by atoms with E-state index in [2.05, 4.69) is 16.0 Å². The van der Waals surface area contributed by atoms with Crippen LogP contribution in [-0.2, 0) is 4.74 Å². The highest BCUT2D eigenvalue weighted by Crippen LogP contribution is 2.33. The third-order valence-electron chi connectivity index (χ3n) is 2.78. The number of nitrogens with two attached hydrogens (primary N) is 1. The Morgan fingerprint density at radius 1 is 1.54 bits per heavy atom. The second-order valence-corrected chi connectivity index (χ2v) is 4.82. The minimum absolute atomic E-state index is 0.217. The number of hydrogen-bond donors (Lipinski definition) is 2. The molecule has 1 heterocycles. The van der Waals surface area contributed by atoms with Crippen LogP contribution < -0.4 is 5.73 Å². The molecule has 1 fully saturated rings. The van der Waals surface area contributed by atoms with Gasteiger partial charge in [-0.15, -0.1) is 0 Å². The van der Waals surface area contributed by atoms with Crippen molar-refractivity contribution < 1.29 is 4.74 Å². The lowest BCUT2D eigenvalue weighted by atomic mass is 9.80. The maximum absolute atomic E-state index is 5.79. The minimum atomic E-state index is 0.217. The molecule has 5 heteroatoms. The van der Waals surface area contributed by atoms with Gasteiger partial charge in [0.05, 0.1) is 6.61 Å². The van der Waals surface area contributed by atoms with Gasteiger partial charge in [-0.25, -0.2) is 4.31 Å². The minimum Gasteiger partial charge on any atom is -0.384 e. The predicted molar refractivity (Wildman–Crippen MR) is 60.7 cm³/mol. The molecule has 0 aliphatic carbocycles. The van der Waals surface area contributed by atoms with E-state index < -0.39 is 0 Å². The van der Waals surface area contributed by atoms with Crippen LogP contribution >= 0.6 is 22.6 Å². The summed E-state index contributed by atoms with van der Waals surface area (Å²) in [6.45, 7) is 3.64. The molecule has 0 aromatic carbocycles. The molecular formula is C8H18N2OS2. The lowest BCUT2D eigenvalue weighted by Gasteiger charge is -2.39. The van der Waals surface area contributed by atoms with Gasteiger partial charge in [-0.05, 0) is 23.8 Å². The van der Waals surface area contributed by atoms with Gasteiger partial charge in [-0.2, -0.15) is 0 Å². The molecule has 0 saturated carbocycles. The average molecular weight is 222 g/mol. The highest BCUT2D eigenvalue weighted by atomic mass is 33.1. The molecule has 1 aliphatic rings. The van der Waals surface area contributed by atoms with Crippen LogP contribution in [0.4, 0.5) is 0 Å². The number of hydrogen-bond acceptors (Lipinski definition) is 5. The molecule has 0 aromatic heterocycles. The van der Waals surface area contributed by atoms with Gasteiger partial charge in [-0.3, -0.25) is 0 Å². The zero-order valence-corrected chi connectivity index (χ0v) is 9.74. The summed E-state index contributed by atoms with van der Waals surface area (Å²) in [6, 6.07) is 0. The average Bonchev–Trinajstić information content (AvgIpc) is 2.19. The molecule has 1 saturated heterocycles. The first kappa shape index (κ1) is 11.7. The SMILES string of the molecule is COCC1(CN)CCN(SS)CC1. The van der Waals surface area contributed by atoms with E-state index >= 15 is 0 Å². The monoisotopic (exact) mass is 222 g/mol. The molecule has 0 unspecified atom stereocenters. The Labute approximate surface area is 89.3 Å². The Balaban J connectivity index is 2.42. The van der Waals surface area contributed by atoms with Crippen molar-refractivity contribution in [2.75, 3.05) is 33.4 Å². The van der Waals surface area contributed by atoms with Gasteiger partial charge < -0.3 is 10.5 Å². The van der Waals surface area contributed by atoms with Gasteiger partial charge in [0.2, 0.25) is 0 Å². The molecule has 13 heavy (non-hydrogen) atoms. The Morgan fingerprint density at radius 2 is 2.15 bits per heavy atom. The van der Waals surface area contributed by atoms with Crippen LogP contribution in [-0.4, -0.2) is 37.7 Å². The fourth-order valence-electron chi connectivity index (χ4n) is 1.76. The van der Waals surface area contributed by atoms with Gasteiger partial charge in [0.1, 0.15) is 0 Å². The van der Waals surface area contributed by atoms with E-state index in [0.29, 0.717) is 0 Å². The van der Waals surface area contributed by atoms with Gasteiger partial charge in [-0.1, -0.05) is 11.7 Å². The Bertz CT molecular complexity index is 149. The highest BCUT2D eigenvalue weighted by molar-refractivity contribution is 8.67. The van der Waals surface area contributed by atoms with E-state index in [1.165, 1.54) is 11.0 Å². The number of nitrogens with zero attached hydrogens (tertiary/aromatic N) is 1. The molecular weight excluding hydrogens is 204 g/mol. The summed E-state index contributed by atoms with van der Waals surface area (Å²) in [4.78, 5) is 0. The van der Waals surface area contributed by atoms with E-state index in [4.69, 9.17) is 10.5 Å². The van der Waals surface area contributed by atoms with Crippen LogP contribution in [0.5, 0.6) is 0 Å². The first-order chi connectivity index (χ1) is 6.26. The first-order valence-electron chi connectivity index (χ1n) is 4.52. The van der Waals surface area contributed by atoms with Crippen LogP contribution in [0, 0.1) is 5.41 Å². The molecule has 0 radical (unpaired) electrons. The molecule has 0 amide bonds. The second kappa shape index (κ2) is 5.46. The first-order valence-corrected chi connectivity index (χ1v) is 6.34. The van der Waals surface area contributed by atoms with E-state index in [9.17, 15) is 0 Å². The van der Waals surface area contributed by atoms with E-state index in [1.54, 1.807) is 7.11 Å². The van der Waals surface area contributed by atoms with Gasteiger partial charge in [0.25, 0.3) is 0 Å². The van der Waals surface area contributed by atoms with Gasteiger partial charge in [0.15, 0.2) is 0 Å².